The maximum Gasteiger partial charge on any atom is 0.243 e. The van der Waals surface area contributed by atoms with Gasteiger partial charge < -0.3 is 15.0 Å². The zero-order chi connectivity index (χ0) is 30.7. The number of hydrogen-bond acceptors (Lipinski definition) is 5. The SMILES string of the molecule is COc1cccc(N(CCCC(=O)N(Cc2ccccc2)C(Cc2ccccc2)C(=O)NC2CCCCC2)S(C)(=O)=O)c1. The van der Waals surface area contributed by atoms with Crippen LogP contribution >= 0.6 is 0 Å². The van der Waals surface area contributed by atoms with E-state index in [9.17, 15) is 18.0 Å². The Kier molecular flexibility index (Phi) is 11.6. The molecule has 3 aromatic carbocycles. The van der Waals surface area contributed by atoms with E-state index in [0.29, 0.717) is 17.9 Å². The first-order valence-corrected chi connectivity index (χ1v) is 16.9. The fraction of sp³-hybridized carbons (Fsp3) is 0.412. The van der Waals surface area contributed by atoms with E-state index >= 15 is 0 Å². The molecule has 8 nitrogen and oxygen atoms in total. The minimum Gasteiger partial charge on any atom is -0.497 e. The van der Waals surface area contributed by atoms with Crippen LogP contribution in [0.1, 0.15) is 56.1 Å². The Hall–Kier alpha value is -3.85. The number of rotatable bonds is 14. The zero-order valence-corrected chi connectivity index (χ0v) is 26.0. The van der Waals surface area contributed by atoms with Gasteiger partial charge in [-0.15, -0.1) is 0 Å². The van der Waals surface area contributed by atoms with Crippen molar-refractivity contribution in [2.24, 2.45) is 0 Å². The number of methoxy groups -OCH3 is 1. The topological polar surface area (TPSA) is 96.0 Å². The first kappa shape index (κ1) is 32.1. The molecule has 9 heteroatoms. The second-order valence-electron chi connectivity index (χ2n) is 11.2. The molecule has 1 fully saturated rings. The van der Waals surface area contributed by atoms with Gasteiger partial charge in [-0.25, -0.2) is 8.42 Å². The molecule has 0 aliphatic heterocycles. The van der Waals surface area contributed by atoms with Crippen LogP contribution in [-0.4, -0.2) is 57.1 Å². The molecule has 1 atom stereocenters. The number of anilines is 1. The summed E-state index contributed by atoms with van der Waals surface area (Å²) in [6.45, 7) is 0.398. The summed E-state index contributed by atoms with van der Waals surface area (Å²) in [5.74, 6) is 0.209. The molecule has 43 heavy (non-hydrogen) atoms. The summed E-state index contributed by atoms with van der Waals surface area (Å²) in [7, 11) is -2.08. The minimum atomic E-state index is -3.61. The number of ether oxygens (including phenoxy) is 1. The van der Waals surface area contributed by atoms with E-state index in [2.05, 4.69) is 5.32 Å². The summed E-state index contributed by atoms with van der Waals surface area (Å²) in [6, 6.07) is 25.7. The molecule has 1 saturated carbocycles. The Bertz CT molecular complexity index is 1430. The third-order valence-corrected chi connectivity index (χ3v) is 9.11. The van der Waals surface area contributed by atoms with Gasteiger partial charge in [0.2, 0.25) is 21.8 Å². The van der Waals surface area contributed by atoms with Gasteiger partial charge in [-0.1, -0.05) is 86.0 Å². The van der Waals surface area contributed by atoms with Crippen LogP contribution in [0.3, 0.4) is 0 Å². The molecule has 0 aromatic heterocycles. The van der Waals surface area contributed by atoms with Gasteiger partial charge in [0.1, 0.15) is 11.8 Å². The highest BCUT2D eigenvalue weighted by Gasteiger charge is 2.32. The Morgan fingerprint density at radius 2 is 1.56 bits per heavy atom. The Morgan fingerprint density at radius 1 is 0.907 bits per heavy atom. The van der Waals surface area contributed by atoms with Crippen molar-refractivity contribution in [2.75, 3.05) is 24.2 Å². The number of hydrogen-bond donors (Lipinski definition) is 1. The van der Waals surface area contributed by atoms with Crippen LogP contribution in [-0.2, 0) is 32.6 Å². The number of nitrogens with zero attached hydrogens (tertiary/aromatic N) is 2. The third kappa shape index (κ3) is 9.58. The van der Waals surface area contributed by atoms with E-state index in [0.717, 1.165) is 43.1 Å². The molecule has 0 bridgehead atoms. The van der Waals surface area contributed by atoms with E-state index in [1.54, 1.807) is 29.2 Å². The maximum absolute atomic E-state index is 14.0. The summed E-state index contributed by atoms with van der Waals surface area (Å²) >= 11 is 0. The molecular weight excluding hydrogens is 562 g/mol. The molecule has 4 rings (SSSR count). The molecule has 0 radical (unpaired) electrons. The summed E-state index contributed by atoms with van der Waals surface area (Å²) in [5.41, 5.74) is 2.37. The molecule has 3 aromatic rings. The lowest BCUT2D eigenvalue weighted by Gasteiger charge is -2.34. The van der Waals surface area contributed by atoms with Gasteiger partial charge in [-0.05, 0) is 42.5 Å². The number of nitrogens with one attached hydrogen (secondary N) is 1. The Morgan fingerprint density at radius 3 is 2.19 bits per heavy atom. The fourth-order valence-electron chi connectivity index (χ4n) is 5.65. The quantitative estimate of drug-likeness (QED) is 0.268. The van der Waals surface area contributed by atoms with Crippen molar-refractivity contribution >= 4 is 27.5 Å². The van der Waals surface area contributed by atoms with E-state index in [1.165, 1.54) is 17.8 Å². The summed E-state index contributed by atoms with van der Waals surface area (Å²) < 4.78 is 32.0. The maximum atomic E-state index is 14.0. The van der Waals surface area contributed by atoms with E-state index < -0.39 is 16.1 Å². The van der Waals surface area contributed by atoms with Crippen molar-refractivity contribution < 1.29 is 22.7 Å². The summed E-state index contributed by atoms with van der Waals surface area (Å²) in [4.78, 5) is 29.6. The molecule has 1 aliphatic rings. The number of carbonyl (C=O) groups is 2. The molecule has 230 valence electrons. The number of sulfonamides is 1. The normalized spacial score (nSPS) is 14.5. The predicted molar refractivity (Wildman–Crippen MR) is 170 cm³/mol. The number of amides is 2. The average Bonchev–Trinajstić information content (AvgIpc) is 3.01. The first-order chi connectivity index (χ1) is 20.7. The molecule has 0 heterocycles. The second-order valence-corrected chi connectivity index (χ2v) is 13.1. The van der Waals surface area contributed by atoms with Gasteiger partial charge in [0.15, 0.2) is 0 Å². The lowest BCUT2D eigenvalue weighted by atomic mass is 9.94. The number of benzene rings is 3. The monoisotopic (exact) mass is 605 g/mol. The minimum absolute atomic E-state index is 0.0881. The van der Waals surface area contributed by atoms with Crippen LogP contribution in [0, 0.1) is 0 Å². The van der Waals surface area contributed by atoms with Crippen LogP contribution in [0.5, 0.6) is 5.75 Å². The van der Waals surface area contributed by atoms with Crippen LogP contribution in [0.2, 0.25) is 0 Å². The largest absolute Gasteiger partial charge is 0.497 e. The van der Waals surface area contributed by atoms with Crippen LogP contribution in [0.4, 0.5) is 5.69 Å². The molecule has 1 aliphatic carbocycles. The fourth-order valence-corrected chi connectivity index (χ4v) is 6.61. The van der Waals surface area contributed by atoms with Crippen molar-refractivity contribution in [3.8, 4) is 5.75 Å². The van der Waals surface area contributed by atoms with Gasteiger partial charge in [-0.3, -0.25) is 13.9 Å². The van der Waals surface area contributed by atoms with Crippen molar-refractivity contribution in [1.82, 2.24) is 10.2 Å². The summed E-state index contributed by atoms with van der Waals surface area (Å²) in [6.07, 6.45) is 7.17. The first-order valence-electron chi connectivity index (χ1n) is 15.0. The van der Waals surface area contributed by atoms with Gasteiger partial charge in [0, 0.05) is 38.0 Å². The smallest absolute Gasteiger partial charge is 0.243 e. The standard InChI is InChI=1S/C34H43N3O5S/c1-42-31-21-12-20-30(25-31)37(43(2,40)41)23-13-22-33(38)36(26-28-16-8-4-9-17-28)32(24-27-14-6-3-7-15-27)34(39)35-29-18-10-5-11-19-29/h3-4,6-9,12,14-17,20-21,25,29,32H,5,10-11,13,18-19,22-24,26H2,1-2H3,(H,35,39). The average molecular weight is 606 g/mol. The second kappa shape index (κ2) is 15.6. The highest BCUT2D eigenvalue weighted by molar-refractivity contribution is 7.92. The Balaban J connectivity index is 1.57. The van der Waals surface area contributed by atoms with E-state index in [-0.39, 0.29) is 43.8 Å². The van der Waals surface area contributed by atoms with Crippen molar-refractivity contribution in [3.63, 3.8) is 0 Å². The van der Waals surface area contributed by atoms with Gasteiger partial charge in [-0.2, -0.15) is 0 Å². The lowest BCUT2D eigenvalue weighted by Crippen LogP contribution is -2.52. The molecule has 0 saturated heterocycles. The third-order valence-electron chi connectivity index (χ3n) is 7.91. The molecule has 1 unspecified atom stereocenters. The van der Waals surface area contributed by atoms with Gasteiger partial charge in [0.25, 0.3) is 0 Å². The van der Waals surface area contributed by atoms with E-state index in [1.807, 2.05) is 60.7 Å². The number of carbonyl (C=O) groups excluding carboxylic acids is 2. The predicted octanol–water partition coefficient (Wildman–Crippen LogP) is 5.33. The zero-order valence-electron chi connectivity index (χ0n) is 25.2. The molecular formula is C34H43N3O5S. The van der Waals surface area contributed by atoms with E-state index in [4.69, 9.17) is 4.74 Å². The highest BCUT2D eigenvalue weighted by Crippen LogP contribution is 2.24. The van der Waals surface area contributed by atoms with Crippen molar-refractivity contribution in [3.05, 3.63) is 96.1 Å². The van der Waals surface area contributed by atoms with Crippen LogP contribution in [0.25, 0.3) is 0 Å². The molecule has 0 spiro atoms. The van der Waals surface area contributed by atoms with Crippen molar-refractivity contribution in [1.29, 1.82) is 0 Å². The summed E-state index contributed by atoms with van der Waals surface area (Å²) in [5, 5.41) is 3.25. The molecule has 1 N–H and O–H groups in total. The Labute approximate surface area is 256 Å². The van der Waals surface area contributed by atoms with Gasteiger partial charge >= 0.3 is 0 Å². The highest BCUT2D eigenvalue weighted by atomic mass is 32.2. The lowest BCUT2D eigenvalue weighted by molar-refractivity contribution is -0.141. The molecule has 2 amide bonds. The van der Waals surface area contributed by atoms with Crippen LogP contribution < -0.4 is 14.4 Å². The van der Waals surface area contributed by atoms with Gasteiger partial charge in [0.05, 0.1) is 19.1 Å². The van der Waals surface area contributed by atoms with Crippen molar-refractivity contribution in [2.45, 2.75) is 70.0 Å². The van der Waals surface area contributed by atoms with Crippen LogP contribution in [0.15, 0.2) is 84.9 Å².